The van der Waals surface area contributed by atoms with Crippen molar-refractivity contribution in [3.05, 3.63) is 47.3 Å². The fraction of sp³-hybridized carbons (Fsp3) is 0.389. The van der Waals surface area contributed by atoms with E-state index in [0.717, 1.165) is 18.6 Å². The Balaban J connectivity index is -0.000000336. The molecule has 0 saturated carbocycles. The zero-order valence-corrected chi connectivity index (χ0v) is 14.7. The summed E-state index contributed by atoms with van der Waals surface area (Å²) in [5.41, 5.74) is -1.15. The van der Waals surface area contributed by atoms with Gasteiger partial charge in [0.1, 0.15) is 5.75 Å². The van der Waals surface area contributed by atoms with Crippen LogP contribution in [0.15, 0.2) is 30.4 Å². The van der Waals surface area contributed by atoms with Crippen molar-refractivity contribution in [3.63, 3.8) is 0 Å². The summed E-state index contributed by atoms with van der Waals surface area (Å²) in [5, 5.41) is 24.5. The van der Waals surface area contributed by atoms with Crippen LogP contribution in [0.3, 0.4) is 0 Å². The number of hydrogen-bond donors (Lipinski definition) is 1. The molecule has 0 heterocycles. The summed E-state index contributed by atoms with van der Waals surface area (Å²) < 4.78 is 36.0. The van der Waals surface area contributed by atoms with Gasteiger partial charge < -0.3 is 5.11 Å². The third-order valence-electron chi connectivity index (χ3n) is 2.03. The topological polar surface area (TPSA) is 72.2 Å². The van der Waals surface area contributed by atoms with Crippen LogP contribution in [0.4, 0.5) is 18.9 Å². The van der Waals surface area contributed by atoms with E-state index in [2.05, 4.69) is 4.85 Å². The first kappa shape index (κ1) is 26.9. The molecule has 1 N–H and O–H groups in total. The number of hydrogen-bond acceptors (Lipinski definition) is 3. The van der Waals surface area contributed by atoms with Gasteiger partial charge in [0.15, 0.2) is 0 Å². The van der Waals surface area contributed by atoms with E-state index in [4.69, 9.17) is 22.2 Å². The van der Waals surface area contributed by atoms with Crippen molar-refractivity contribution < 1.29 is 18.3 Å². The van der Waals surface area contributed by atoms with Crippen molar-refractivity contribution in [2.45, 2.75) is 46.7 Å². The SMILES string of the molecule is CC.CC=CC#N.CCCC#N.[C-]#[N+]c1ccc(C(F)(F)F)cc1O. The van der Waals surface area contributed by atoms with Crippen molar-refractivity contribution >= 4 is 5.69 Å². The fourth-order valence-corrected chi connectivity index (χ4v) is 0.981. The molecule has 0 saturated heterocycles. The number of unbranched alkanes of at least 4 members (excludes halogenated alkanes) is 1. The summed E-state index contributed by atoms with van der Waals surface area (Å²) in [6.45, 7) is 14.3. The molecule has 1 aromatic carbocycles. The van der Waals surface area contributed by atoms with Crippen LogP contribution in [-0.4, -0.2) is 5.11 Å². The lowest BCUT2D eigenvalue weighted by atomic mass is 10.2. The van der Waals surface area contributed by atoms with Crippen molar-refractivity contribution in [2.24, 2.45) is 0 Å². The van der Waals surface area contributed by atoms with Crippen molar-refractivity contribution in [3.8, 4) is 17.9 Å². The van der Waals surface area contributed by atoms with E-state index in [-0.39, 0.29) is 5.69 Å². The number of alkyl halides is 3. The highest BCUT2D eigenvalue weighted by Crippen LogP contribution is 2.35. The second-order valence-corrected chi connectivity index (χ2v) is 3.85. The molecule has 0 amide bonds. The van der Waals surface area contributed by atoms with Crippen LogP contribution in [0.25, 0.3) is 4.85 Å². The lowest BCUT2D eigenvalue weighted by molar-refractivity contribution is -0.137. The van der Waals surface area contributed by atoms with Crippen LogP contribution in [0, 0.1) is 29.2 Å². The molecule has 1 rings (SSSR count). The summed E-state index contributed by atoms with van der Waals surface area (Å²) >= 11 is 0. The van der Waals surface area contributed by atoms with Gasteiger partial charge in [0.25, 0.3) is 0 Å². The van der Waals surface area contributed by atoms with E-state index in [1.165, 1.54) is 6.08 Å². The summed E-state index contributed by atoms with van der Waals surface area (Å²) in [5.74, 6) is -0.648. The summed E-state index contributed by atoms with van der Waals surface area (Å²) in [6.07, 6.45) is 0.314. The zero-order chi connectivity index (χ0) is 20.3. The lowest BCUT2D eigenvalue weighted by Gasteiger charge is -2.06. The maximum Gasteiger partial charge on any atom is 0.416 e. The highest BCUT2D eigenvalue weighted by Gasteiger charge is 2.30. The first-order chi connectivity index (χ1) is 11.8. The summed E-state index contributed by atoms with van der Waals surface area (Å²) in [6, 6.07) is 6.08. The van der Waals surface area contributed by atoms with E-state index in [9.17, 15) is 13.2 Å². The molecule has 0 bridgehead atoms. The summed E-state index contributed by atoms with van der Waals surface area (Å²) in [7, 11) is 0. The molecule has 1 aromatic rings. The molecule has 25 heavy (non-hydrogen) atoms. The minimum Gasteiger partial charge on any atom is -0.519 e. The monoisotopic (exact) mass is 353 g/mol. The predicted molar refractivity (Wildman–Crippen MR) is 91.7 cm³/mol. The molecule has 7 heteroatoms. The van der Waals surface area contributed by atoms with Crippen LogP contribution in [-0.2, 0) is 6.18 Å². The van der Waals surface area contributed by atoms with Crippen LogP contribution in [0.2, 0.25) is 0 Å². The maximum atomic E-state index is 12.0. The van der Waals surface area contributed by atoms with Crippen molar-refractivity contribution in [1.29, 1.82) is 10.5 Å². The first-order valence-electron chi connectivity index (χ1n) is 7.43. The second-order valence-electron chi connectivity index (χ2n) is 3.85. The molecular weight excluding hydrogens is 331 g/mol. The minimum atomic E-state index is -4.49. The average Bonchev–Trinajstić information content (AvgIpc) is 2.58. The number of nitrogens with zero attached hydrogens (tertiary/aromatic N) is 3. The van der Waals surface area contributed by atoms with E-state index >= 15 is 0 Å². The largest absolute Gasteiger partial charge is 0.519 e. The Kier molecular flexibility index (Phi) is 18.7. The summed E-state index contributed by atoms with van der Waals surface area (Å²) in [4.78, 5) is 2.83. The number of allylic oxidation sites excluding steroid dienone is 2. The van der Waals surface area contributed by atoms with E-state index in [0.29, 0.717) is 12.5 Å². The first-order valence-corrected chi connectivity index (χ1v) is 7.43. The van der Waals surface area contributed by atoms with Gasteiger partial charge in [-0.25, -0.2) is 4.85 Å². The van der Waals surface area contributed by atoms with Crippen LogP contribution in [0.5, 0.6) is 5.75 Å². The Morgan fingerprint density at radius 1 is 1.28 bits per heavy atom. The van der Waals surface area contributed by atoms with Crippen molar-refractivity contribution in [1.82, 2.24) is 0 Å². The molecule has 0 aliphatic heterocycles. The maximum absolute atomic E-state index is 12.0. The average molecular weight is 353 g/mol. The Hall–Kier alpha value is -2.98. The number of rotatable bonds is 1. The standard InChI is InChI=1S/C8H4F3NO.C4H7N.C4H5N.C2H6/c1-12-6-3-2-5(4-7(6)13)8(9,10)11;2*1-2-3-4-5;1-2/h2-4,13H;2-3H2,1H3;2-3H,1H3;1-2H3. The van der Waals surface area contributed by atoms with Gasteiger partial charge in [-0.05, 0) is 19.4 Å². The van der Waals surface area contributed by atoms with Crippen molar-refractivity contribution in [2.75, 3.05) is 0 Å². The van der Waals surface area contributed by atoms with Gasteiger partial charge in [-0.3, -0.25) is 0 Å². The number of aromatic hydroxyl groups is 1. The second kappa shape index (κ2) is 17.4. The van der Waals surface area contributed by atoms with E-state index in [1.54, 1.807) is 6.08 Å². The third-order valence-corrected chi connectivity index (χ3v) is 2.03. The number of benzene rings is 1. The van der Waals surface area contributed by atoms with Crippen LogP contribution >= 0.6 is 0 Å². The van der Waals surface area contributed by atoms with Gasteiger partial charge in [0, 0.05) is 12.5 Å². The van der Waals surface area contributed by atoms with Gasteiger partial charge in [0.05, 0.1) is 24.3 Å². The highest BCUT2D eigenvalue weighted by molar-refractivity contribution is 5.58. The molecule has 0 spiro atoms. The van der Waals surface area contributed by atoms with Crippen LogP contribution < -0.4 is 0 Å². The molecule has 136 valence electrons. The Morgan fingerprint density at radius 2 is 1.84 bits per heavy atom. The molecule has 0 radical (unpaired) electrons. The van der Waals surface area contributed by atoms with Crippen LogP contribution in [0.1, 0.15) is 46.1 Å². The van der Waals surface area contributed by atoms with Gasteiger partial charge in [-0.1, -0.05) is 39.0 Å². The smallest absolute Gasteiger partial charge is 0.416 e. The Bertz CT molecular complexity index is 618. The minimum absolute atomic E-state index is 0.187. The van der Waals surface area contributed by atoms with Gasteiger partial charge in [0.2, 0.25) is 5.69 Å². The third kappa shape index (κ3) is 15.7. The molecule has 0 fully saturated rings. The fourth-order valence-electron chi connectivity index (χ4n) is 0.981. The van der Waals surface area contributed by atoms with E-state index < -0.39 is 17.5 Å². The zero-order valence-electron chi connectivity index (χ0n) is 14.7. The normalized spacial score (nSPS) is 8.80. The van der Waals surface area contributed by atoms with E-state index in [1.807, 2.05) is 39.8 Å². The number of phenolic OH excluding ortho intramolecular Hbond substituents is 1. The molecule has 0 unspecified atom stereocenters. The molecular formula is C18H22F3N3O. The molecule has 0 aliphatic rings. The number of halogens is 3. The molecule has 4 nitrogen and oxygen atoms in total. The van der Waals surface area contributed by atoms with Gasteiger partial charge in [-0.15, -0.1) is 0 Å². The molecule has 0 aliphatic carbocycles. The van der Waals surface area contributed by atoms with Gasteiger partial charge >= 0.3 is 6.18 Å². The molecule has 0 aromatic heterocycles. The Labute approximate surface area is 147 Å². The van der Waals surface area contributed by atoms with Gasteiger partial charge in [-0.2, -0.15) is 23.7 Å². The number of nitriles is 2. The highest BCUT2D eigenvalue weighted by atomic mass is 19.4. The number of phenols is 1. The Morgan fingerprint density at radius 3 is 2.04 bits per heavy atom. The quantitative estimate of drug-likeness (QED) is 0.470. The lowest BCUT2D eigenvalue weighted by Crippen LogP contribution is -2.03. The predicted octanol–water partition coefficient (Wildman–Crippen LogP) is 6.38. The molecule has 0 atom stereocenters.